The topological polar surface area (TPSA) is 64.8 Å². The highest BCUT2D eigenvalue weighted by Crippen LogP contribution is 2.38. The predicted molar refractivity (Wildman–Crippen MR) is 80.7 cm³/mol. The number of nitrogens with zero attached hydrogens (tertiary/aromatic N) is 1. The summed E-state index contributed by atoms with van der Waals surface area (Å²) in [6.45, 7) is 0.858. The summed E-state index contributed by atoms with van der Waals surface area (Å²) < 4.78 is 10.5. The summed E-state index contributed by atoms with van der Waals surface area (Å²) in [6, 6.07) is 3.75. The van der Waals surface area contributed by atoms with Crippen LogP contribution in [0.5, 0.6) is 11.5 Å². The zero-order valence-electron chi connectivity index (χ0n) is 12.6. The molecule has 5 nitrogen and oxygen atoms in total. The second-order valence-electron chi connectivity index (χ2n) is 5.93. The van der Waals surface area contributed by atoms with E-state index in [4.69, 9.17) is 15.2 Å². The number of methoxy groups -OCH3 is 2. The molecular formula is C16H22N2O3. The molecule has 2 fully saturated rings. The molecule has 0 atom stereocenters. The van der Waals surface area contributed by atoms with E-state index >= 15 is 0 Å². The van der Waals surface area contributed by atoms with Crippen molar-refractivity contribution in [2.75, 3.05) is 26.5 Å². The zero-order chi connectivity index (χ0) is 15.0. The first-order chi connectivity index (χ1) is 10.1. The van der Waals surface area contributed by atoms with Gasteiger partial charge in [-0.15, -0.1) is 0 Å². The van der Waals surface area contributed by atoms with E-state index in [1.54, 1.807) is 26.4 Å². The largest absolute Gasteiger partial charge is 0.493 e. The third-order valence-electron chi connectivity index (χ3n) is 4.19. The monoisotopic (exact) mass is 290 g/mol. The number of hydrogen-bond acceptors (Lipinski definition) is 4. The van der Waals surface area contributed by atoms with Gasteiger partial charge in [-0.3, -0.25) is 4.79 Å². The fraction of sp³-hybridized carbons (Fsp3) is 0.562. The summed E-state index contributed by atoms with van der Waals surface area (Å²) in [5.74, 6) is 1.78. The van der Waals surface area contributed by atoms with Crippen LogP contribution in [0.3, 0.4) is 0 Å². The zero-order valence-corrected chi connectivity index (χ0v) is 12.6. The van der Waals surface area contributed by atoms with Crippen molar-refractivity contribution < 1.29 is 14.3 Å². The minimum atomic E-state index is 0.0165. The molecule has 1 amide bonds. The van der Waals surface area contributed by atoms with Gasteiger partial charge in [-0.25, -0.2) is 0 Å². The quantitative estimate of drug-likeness (QED) is 0.816. The van der Waals surface area contributed by atoms with Gasteiger partial charge in [-0.1, -0.05) is 0 Å². The molecule has 2 saturated carbocycles. The minimum Gasteiger partial charge on any atom is -0.493 e. The van der Waals surface area contributed by atoms with Crippen LogP contribution in [0.15, 0.2) is 12.1 Å². The van der Waals surface area contributed by atoms with E-state index in [-0.39, 0.29) is 5.91 Å². The van der Waals surface area contributed by atoms with E-state index in [9.17, 15) is 4.79 Å². The number of ether oxygens (including phenoxy) is 2. The Hall–Kier alpha value is -1.91. The van der Waals surface area contributed by atoms with Crippen molar-refractivity contribution >= 4 is 11.6 Å². The molecule has 5 heteroatoms. The van der Waals surface area contributed by atoms with E-state index < -0.39 is 0 Å². The van der Waals surface area contributed by atoms with Gasteiger partial charge in [0.15, 0.2) is 11.5 Å². The van der Waals surface area contributed by atoms with E-state index in [1.165, 1.54) is 12.8 Å². The maximum Gasteiger partial charge on any atom is 0.256 e. The maximum atomic E-state index is 12.8. The lowest BCUT2D eigenvalue weighted by molar-refractivity contribution is 0.0735. The molecule has 1 aromatic carbocycles. The van der Waals surface area contributed by atoms with Crippen molar-refractivity contribution in [3.05, 3.63) is 17.7 Å². The molecule has 0 aromatic heterocycles. The molecule has 2 aliphatic carbocycles. The Bertz CT molecular complexity index is 551. The lowest BCUT2D eigenvalue weighted by Crippen LogP contribution is -2.35. The second kappa shape index (κ2) is 5.47. The molecule has 3 rings (SSSR count). The lowest BCUT2D eigenvalue weighted by atomic mass is 10.1. The lowest BCUT2D eigenvalue weighted by Gasteiger charge is -2.23. The third-order valence-corrected chi connectivity index (χ3v) is 4.19. The highest BCUT2D eigenvalue weighted by atomic mass is 16.5. The number of benzene rings is 1. The first-order valence-corrected chi connectivity index (χ1v) is 7.46. The second-order valence-corrected chi connectivity index (χ2v) is 5.93. The van der Waals surface area contributed by atoms with Crippen molar-refractivity contribution in [3.63, 3.8) is 0 Å². The molecule has 21 heavy (non-hydrogen) atoms. The summed E-state index contributed by atoms with van der Waals surface area (Å²) in [7, 11) is 3.12. The standard InChI is InChI=1S/C16H22N2O3/c1-20-14-7-12(13(17)8-15(14)21-2)16(19)18(11-5-6-11)9-10-3-4-10/h7-8,10-11H,3-6,9,17H2,1-2H3. The highest BCUT2D eigenvalue weighted by molar-refractivity contribution is 6.00. The third kappa shape index (κ3) is 2.91. The Morgan fingerprint density at radius 1 is 1.19 bits per heavy atom. The van der Waals surface area contributed by atoms with Crippen molar-refractivity contribution in [1.82, 2.24) is 4.90 Å². The van der Waals surface area contributed by atoms with Crippen LogP contribution in [-0.2, 0) is 0 Å². The Morgan fingerprint density at radius 2 is 1.81 bits per heavy atom. The minimum absolute atomic E-state index is 0.0165. The molecule has 0 bridgehead atoms. The van der Waals surface area contributed by atoms with Crippen LogP contribution in [0.2, 0.25) is 0 Å². The van der Waals surface area contributed by atoms with Gasteiger partial charge < -0.3 is 20.1 Å². The van der Waals surface area contributed by atoms with Gasteiger partial charge in [0.1, 0.15) is 0 Å². The number of amides is 1. The van der Waals surface area contributed by atoms with Crippen LogP contribution in [0.25, 0.3) is 0 Å². The van der Waals surface area contributed by atoms with Gasteiger partial charge >= 0.3 is 0 Å². The Labute approximate surface area is 125 Å². The Morgan fingerprint density at radius 3 is 2.33 bits per heavy atom. The van der Waals surface area contributed by atoms with E-state index in [2.05, 4.69) is 0 Å². The van der Waals surface area contributed by atoms with E-state index in [1.807, 2.05) is 4.90 Å². The van der Waals surface area contributed by atoms with Crippen molar-refractivity contribution in [3.8, 4) is 11.5 Å². The predicted octanol–water partition coefficient (Wildman–Crippen LogP) is 2.30. The van der Waals surface area contributed by atoms with Crippen molar-refractivity contribution in [2.45, 2.75) is 31.7 Å². The number of nitrogens with two attached hydrogens (primary N) is 1. The number of nitrogen functional groups attached to an aromatic ring is 1. The molecule has 0 heterocycles. The van der Waals surface area contributed by atoms with Crippen LogP contribution >= 0.6 is 0 Å². The van der Waals surface area contributed by atoms with Crippen molar-refractivity contribution in [1.29, 1.82) is 0 Å². The van der Waals surface area contributed by atoms with Gasteiger partial charge in [0.05, 0.1) is 19.8 Å². The van der Waals surface area contributed by atoms with Gasteiger partial charge in [0.25, 0.3) is 5.91 Å². The maximum absolute atomic E-state index is 12.8. The normalized spacial score (nSPS) is 17.4. The molecule has 2 N–H and O–H groups in total. The van der Waals surface area contributed by atoms with E-state index in [0.29, 0.717) is 34.7 Å². The molecule has 0 radical (unpaired) electrons. The van der Waals surface area contributed by atoms with Gasteiger partial charge in [-0.05, 0) is 37.7 Å². The first kappa shape index (κ1) is 14.0. The molecule has 1 aromatic rings. The highest BCUT2D eigenvalue weighted by Gasteiger charge is 2.37. The molecular weight excluding hydrogens is 268 g/mol. The van der Waals surface area contributed by atoms with Gasteiger partial charge in [0, 0.05) is 24.3 Å². The first-order valence-electron chi connectivity index (χ1n) is 7.46. The molecule has 0 aliphatic heterocycles. The number of hydrogen-bond donors (Lipinski definition) is 1. The van der Waals surface area contributed by atoms with Crippen LogP contribution in [-0.4, -0.2) is 37.6 Å². The van der Waals surface area contributed by atoms with Crippen LogP contribution < -0.4 is 15.2 Å². The number of carbonyl (C=O) groups is 1. The van der Waals surface area contributed by atoms with E-state index in [0.717, 1.165) is 19.4 Å². The number of rotatable bonds is 6. The smallest absolute Gasteiger partial charge is 0.256 e. The molecule has 2 aliphatic rings. The van der Waals surface area contributed by atoms with Crippen LogP contribution in [0.1, 0.15) is 36.0 Å². The fourth-order valence-electron chi connectivity index (χ4n) is 2.60. The average molecular weight is 290 g/mol. The molecule has 0 spiro atoms. The fourth-order valence-corrected chi connectivity index (χ4v) is 2.60. The summed E-state index contributed by atoms with van der Waals surface area (Å²) >= 11 is 0. The van der Waals surface area contributed by atoms with Crippen LogP contribution in [0, 0.1) is 5.92 Å². The summed E-state index contributed by atoms with van der Waals surface area (Å²) in [5, 5.41) is 0. The number of anilines is 1. The summed E-state index contributed by atoms with van der Waals surface area (Å²) in [5.41, 5.74) is 7.00. The molecule has 0 saturated heterocycles. The van der Waals surface area contributed by atoms with Gasteiger partial charge in [-0.2, -0.15) is 0 Å². The van der Waals surface area contributed by atoms with Crippen molar-refractivity contribution in [2.24, 2.45) is 5.92 Å². The molecule has 114 valence electrons. The molecule has 0 unspecified atom stereocenters. The summed E-state index contributed by atoms with van der Waals surface area (Å²) in [4.78, 5) is 14.8. The van der Waals surface area contributed by atoms with Gasteiger partial charge in [0.2, 0.25) is 0 Å². The Balaban J connectivity index is 1.88. The van der Waals surface area contributed by atoms with Crippen LogP contribution in [0.4, 0.5) is 5.69 Å². The average Bonchev–Trinajstić information content (AvgIpc) is 3.37. The Kier molecular flexibility index (Phi) is 3.66. The SMILES string of the molecule is COc1cc(N)c(C(=O)N(CC2CC2)C2CC2)cc1OC. The number of carbonyl (C=O) groups excluding carboxylic acids is 1. The summed E-state index contributed by atoms with van der Waals surface area (Å²) in [6.07, 6.45) is 4.67.